The van der Waals surface area contributed by atoms with Gasteiger partial charge in [-0.15, -0.1) is 0 Å². The lowest BCUT2D eigenvalue weighted by Gasteiger charge is -2.51. The molecule has 0 unspecified atom stereocenters. The molecule has 3 heteroatoms. The van der Waals surface area contributed by atoms with Crippen LogP contribution in [0, 0.1) is 11.8 Å². The average molecular weight is 315 g/mol. The third kappa shape index (κ3) is 3.78. The maximum absolute atomic E-state index is 6.34. The summed E-state index contributed by atoms with van der Waals surface area (Å²) in [5.74, 6) is 2.27. The predicted octanol–water partition coefficient (Wildman–Crippen LogP) is 4.24. The van der Waals surface area contributed by atoms with E-state index in [-0.39, 0.29) is 11.8 Å². The molecular weight excluding hydrogens is 286 g/mol. The van der Waals surface area contributed by atoms with Crippen molar-refractivity contribution >= 4 is 6.08 Å². The third-order valence-electron chi connectivity index (χ3n) is 5.40. The molecule has 1 saturated carbocycles. The topological polar surface area (TPSA) is 30.5 Å². The fraction of sp³-hybridized carbons (Fsp3) is 0.600. The van der Waals surface area contributed by atoms with Crippen LogP contribution in [0.5, 0.6) is 5.75 Å². The van der Waals surface area contributed by atoms with E-state index in [0.29, 0.717) is 12.0 Å². The Morgan fingerprint density at radius 3 is 2.65 bits per heavy atom. The SMILES string of the molecule is COc1ccc(/C=C/[C@H]2NC(C)(C)[C@@H]3CC[C@@H](C)C[C@H]3O2)cc1. The molecule has 23 heavy (non-hydrogen) atoms. The van der Waals surface area contributed by atoms with E-state index in [1.54, 1.807) is 7.11 Å². The molecule has 126 valence electrons. The summed E-state index contributed by atoms with van der Waals surface area (Å²) >= 11 is 0. The van der Waals surface area contributed by atoms with Gasteiger partial charge in [-0.25, -0.2) is 0 Å². The molecule has 1 aliphatic carbocycles. The molecule has 0 spiro atoms. The number of methoxy groups -OCH3 is 1. The van der Waals surface area contributed by atoms with Gasteiger partial charge in [-0.1, -0.05) is 31.6 Å². The standard InChI is InChI=1S/C20H29NO2/c1-14-5-11-17-18(13-14)23-19(21-20(17,2)3)12-8-15-6-9-16(22-4)10-7-15/h6-10,12,14,17-19,21H,5,11,13H2,1-4H3/b12-8+/t14-,17-,18-,19+/m1/s1. The van der Waals surface area contributed by atoms with Crippen LogP contribution in [0.25, 0.3) is 6.08 Å². The Morgan fingerprint density at radius 2 is 1.96 bits per heavy atom. The molecule has 1 saturated heterocycles. The van der Waals surface area contributed by atoms with Crippen molar-refractivity contribution in [3.8, 4) is 5.75 Å². The number of hydrogen-bond acceptors (Lipinski definition) is 3. The second-order valence-corrected chi connectivity index (χ2v) is 7.62. The van der Waals surface area contributed by atoms with Gasteiger partial charge in [-0.05, 0) is 56.4 Å². The molecule has 1 heterocycles. The molecular formula is C20H29NO2. The van der Waals surface area contributed by atoms with E-state index < -0.39 is 0 Å². The molecule has 2 aliphatic rings. The highest BCUT2D eigenvalue weighted by Crippen LogP contribution is 2.40. The first kappa shape index (κ1) is 16.5. The molecule has 1 N–H and O–H groups in total. The minimum absolute atomic E-state index is 0.0151. The Bertz CT molecular complexity index is 549. The van der Waals surface area contributed by atoms with E-state index in [1.165, 1.54) is 19.3 Å². The van der Waals surface area contributed by atoms with Gasteiger partial charge in [0.15, 0.2) is 0 Å². The van der Waals surface area contributed by atoms with Crippen LogP contribution in [0.4, 0.5) is 0 Å². The number of rotatable bonds is 3. The highest BCUT2D eigenvalue weighted by molar-refractivity contribution is 5.51. The van der Waals surface area contributed by atoms with Crippen molar-refractivity contribution in [1.29, 1.82) is 0 Å². The molecule has 3 rings (SSSR count). The maximum atomic E-state index is 6.34. The lowest BCUT2D eigenvalue weighted by molar-refractivity contribution is -0.136. The monoisotopic (exact) mass is 315 g/mol. The molecule has 1 aromatic rings. The molecule has 0 radical (unpaired) electrons. The van der Waals surface area contributed by atoms with Gasteiger partial charge in [0.2, 0.25) is 0 Å². The molecule has 1 aromatic carbocycles. The first-order valence-corrected chi connectivity index (χ1v) is 8.73. The summed E-state index contributed by atoms with van der Waals surface area (Å²) in [6.45, 7) is 6.98. The summed E-state index contributed by atoms with van der Waals surface area (Å²) in [4.78, 5) is 0. The molecule has 0 amide bonds. The van der Waals surface area contributed by atoms with Crippen molar-refractivity contribution in [3.63, 3.8) is 0 Å². The minimum Gasteiger partial charge on any atom is -0.497 e. The number of hydrogen-bond donors (Lipinski definition) is 1. The van der Waals surface area contributed by atoms with Crippen LogP contribution in [-0.2, 0) is 4.74 Å². The van der Waals surface area contributed by atoms with Crippen LogP contribution in [0.2, 0.25) is 0 Å². The lowest BCUT2D eigenvalue weighted by atomic mass is 9.70. The van der Waals surface area contributed by atoms with Crippen molar-refractivity contribution in [2.45, 2.75) is 57.9 Å². The van der Waals surface area contributed by atoms with Crippen LogP contribution >= 0.6 is 0 Å². The quantitative estimate of drug-likeness (QED) is 0.905. The third-order valence-corrected chi connectivity index (χ3v) is 5.40. The number of ether oxygens (including phenoxy) is 2. The van der Waals surface area contributed by atoms with Crippen LogP contribution < -0.4 is 10.1 Å². The lowest BCUT2D eigenvalue weighted by Crippen LogP contribution is -2.62. The van der Waals surface area contributed by atoms with E-state index in [1.807, 2.05) is 12.1 Å². The minimum atomic E-state index is -0.0151. The van der Waals surface area contributed by atoms with Crippen LogP contribution in [-0.4, -0.2) is 25.0 Å². The van der Waals surface area contributed by atoms with Gasteiger partial charge in [0.1, 0.15) is 12.0 Å². The number of fused-ring (bicyclic) bond motifs is 1. The zero-order chi connectivity index (χ0) is 16.4. The number of benzene rings is 1. The Labute approximate surface area is 140 Å². The van der Waals surface area contributed by atoms with Gasteiger partial charge in [0.25, 0.3) is 0 Å². The van der Waals surface area contributed by atoms with Crippen molar-refractivity contribution in [2.24, 2.45) is 11.8 Å². The van der Waals surface area contributed by atoms with Gasteiger partial charge in [-0.3, -0.25) is 5.32 Å². The highest BCUT2D eigenvalue weighted by atomic mass is 16.5. The van der Waals surface area contributed by atoms with Gasteiger partial charge in [-0.2, -0.15) is 0 Å². The van der Waals surface area contributed by atoms with Crippen LogP contribution in [0.3, 0.4) is 0 Å². The molecule has 1 aliphatic heterocycles. The van der Waals surface area contributed by atoms with E-state index in [4.69, 9.17) is 9.47 Å². The van der Waals surface area contributed by atoms with Crippen molar-refractivity contribution in [3.05, 3.63) is 35.9 Å². The van der Waals surface area contributed by atoms with E-state index >= 15 is 0 Å². The largest absolute Gasteiger partial charge is 0.497 e. The highest BCUT2D eigenvalue weighted by Gasteiger charge is 2.44. The van der Waals surface area contributed by atoms with Gasteiger partial charge in [0, 0.05) is 11.5 Å². The second-order valence-electron chi connectivity index (χ2n) is 7.62. The summed E-state index contributed by atoms with van der Waals surface area (Å²) in [7, 11) is 1.69. The van der Waals surface area contributed by atoms with Crippen LogP contribution in [0.1, 0.15) is 45.6 Å². The first-order valence-electron chi connectivity index (χ1n) is 8.73. The van der Waals surface area contributed by atoms with Gasteiger partial charge >= 0.3 is 0 Å². The second kappa shape index (κ2) is 6.66. The smallest absolute Gasteiger partial charge is 0.128 e. The zero-order valence-corrected chi connectivity index (χ0v) is 14.7. The molecule has 3 nitrogen and oxygen atoms in total. The Kier molecular flexibility index (Phi) is 4.79. The number of nitrogens with one attached hydrogen (secondary N) is 1. The summed E-state index contributed by atoms with van der Waals surface area (Å²) in [6.07, 6.45) is 8.39. The van der Waals surface area contributed by atoms with Crippen molar-refractivity contribution in [2.75, 3.05) is 7.11 Å². The Hall–Kier alpha value is -1.32. The summed E-state index contributed by atoms with van der Waals surface area (Å²) in [5.41, 5.74) is 1.28. The van der Waals surface area contributed by atoms with Gasteiger partial charge in [0.05, 0.1) is 13.2 Å². The Balaban J connectivity index is 1.69. The summed E-state index contributed by atoms with van der Waals surface area (Å²) in [6, 6.07) is 8.10. The van der Waals surface area contributed by atoms with Crippen molar-refractivity contribution in [1.82, 2.24) is 5.32 Å². The molecule has 0 bridgehead atoms. The first-order chi connectivity index (χ1) is 11.0. The van der Waals surface area contributed by atoms with E-state index in [9.17, 15) is 0 Å². The predicted molar refractivity (Wildman–Crippen MR) is 94.4 cm³/mol. The zero-order valence-electron chi connectivity index (χ0n) is 14.7. The van der Waals surface area contributed by atoms with Crippen LogP contribution in [0.15, 0.2) is 30.3 Å². The fourth-order valence-electron chi connectivity index (χ4n) is 4.01. The molecule has 4 atom stereocenters. The van der Waals surface area contributed by atoms with E-state index in [2.05, 4.69) is 50.4 Å². The summed E-state index contributed by atoms with van der Waals surface area (Å²) < 4.78 is 11.5. The average Bonchev–Trinajstić information content (AvgIpc) is 2.52. The van der Waals surface area contributed by atoms with Gasteiger partial charge < -0.3 is 9.47 Å². The molecule has 2 fully saturated rings. The Morgan fingerprint density at radius 1 is 1.22 bits per heavy atom. The van der Waals surface area contributed by atoms with Crippen molar-refractivity contribution < 1.29 is 9.47 Å². The summed E-state index contributed by atoms with van der Waals surface area (Å²) in [5, 5.41) is 3.67. The fourth-order valence-corrected chi connectivity index (χ4v) is 4.01. The molecule has 0 aromatic heterocycles. The normalized spacial score (nSPS) is 33.4. The maximum Gasteiger partial charge on any atom is 0.128 e. The van der Waals surface area contributed by atoms with E-state index in [0.717, 1.165) is 17.2 Å².